The minimum absolute atomic E-state index is 0.300. The van der Waals surface area contributed by atoms with Crippen LogP contribution in [0.5, 0.6) is 5.75 Å². The Kier molecular flexibility index (Phi) is 4.18. The summed E-state index contributed by atoms with van der Waals surface area (Å²) >= 11 is 0. The van der Waals surface area contributed by atoms with Crippen LogP contribution in [0.15, 0.2) is 42.5 Å². The predicted molar refractivity (Wildman–Crippen MR) is 72.7 cm³/mol. The molecule has 0 radical (unpaired) electrons. The molecule has 2 aromatic rings. The SMILES string of the molecule is CCc1ccc(-c2cc(OC(F)(F)F)ccc2C#N)cc1. The molecule has 2 nitrogen and oxygen atoms in total. The largest absolute Gasteiger partial charge is 0.573 e. The summed E-state index contributed by atoms with van der Waals surface area (Å²) in [4.78, 5) is 0. The molecule has 0 aliphatic heterocycles. The van der Waals surface area contributed by atoms with Crippen molar-refractivity contribution in [2.24, 2.45) is 0 Å². The van der Waals surface area contributed by atoms with E-state index in [1.54, 1.807) is 12.1 Å². The molecule has 2 aromatic carbocycles. The Bertz CT molecular complexity index is 669. The minimum atomic E-state index is -4.75. The van der Waals surface area contributed by atoms with Crippen LogP contribution in [0.4, 0.5) is 13.2 Å². The molecule has 0 saturated carbocycles. The molecule has 2 rings (SSSR count). The van der Waals surface area contributed by atoms with Gasteiger partial charge in [-0.05, 0) is 35.7 Å². The maximum Gasteiger partial charge on any atom is 0.573 e. The van der Waals surface area contributed by atoms with Crippen molar-refractivity contribution in [1.82, 2.24) is 0 Å². The fraction of sp³-hybridized carbons (Fsp3) is 0.188. The predicted octanol–water partition coefficient (Wildman–Crippen LogP) is 4.69. The molecular weight excluding hydrogens is 279 g/mol. The van der Waals surface area contributed by atoms with Gasteiger partial charge >= 0.3 is 6.36 Å². The number of nitrogens with zero attached hydrogens (tertiary/aromatic N) is 1. The van der Waals surface area contributed by atoms with Crippen molar-refractivity contribution in [1.29, 1.82) is 5.26 Å². The average Bonchev–Trinajstić information content (AvgIpc) is 2.45. The lowest BCUT2D eigenvalue weighted by molar-refractivity contribution is -0.274. The zero-order valence-corrected chi connectivity index (χ0v) is 11.2. The molecule has 21 heavy (non-hydrogen) atoms. The molecule has 0 atom stereocenters. The van der Waals surface area contributed by atoms with Crippen molar-refractivity contribution in [3.05, 3.63) is 53.6 Å². The summed E-state index contributed by atoms with van der Waals surface area (Å²) in [5.41, 5.74) is 2.51. The molecule has 0 aliphatic rings. The highest BCUT2D eigenvalue weighted by Gasteiger charge is 2.31. The smallest absolute Gasteiger partial charge is 0.406 e. The van der Waals surface area contributed by atoms with Gasteiger partial charge in [-0.3, -0.25) is 0 Å². The van der Waals surface area contributed by atoms with E-state index in [4.69, 9.17) is 5.26 Å². The van der Waals surface area contributed by atoms with Gasteiger partial charge in [0.1, 0.15) is 5.75 Å². The van der Waals surface area contributed by atoms with Gasteiger partial charge in [0.2, 0.25) is 0 Å². The maximum absolute atomic E-state index is 12.3. The molecular formula is C16H12F3NO. The number of hydrogen-bond acceptors (Lipinski definition) is 2. The first-order valence-electron chi connectivity index (χ1n) is 6.32. The van der Waals surface area contributed by atoms with Crippen LogP contribution in [-0.2, 0) is 6.42 Å². The third kappa shape index (κ3) is 3.76. The second kappa shape index (κ2) is 5.88. The third-order valence-corrected chi connectivity index (χ3v) is 3.02. The second-order valence-electron chi connectivity index (χ2n) is 4.42. The zero-order valence-electron chi connectivity index (χ0n) is 11.2. The van der Waals surface area contributed by atoms with Crippen molar-refractivity contribution in [2.75, 3.05) is 0 Å². The molecule has 5 heteroatoms. The summed E-state index contributed by atoms with van der Waals surface area (Å²) in [5, 5.41) is 9.09. The molecule has 0 N–H and O–H groups in total. The van der Waals surface area contributed by atoms with E-state index >= 15 is 0 Å². The highest BCUT2D eigenvalue weighted by molar-refractivity contribution is 5.72. The van der Waals surface area contributed by atoms with Crippen molar-refractivity contribution in [3.8, 4) is 22.9 Å². The van der Waals surface area contributed by atoms with Gasteiger partial charge in [0.15, 0.2) is 0 Å². The van der Waals surface area contributed by atoms with Gasteiger partial charge in [-0.2, -0.15) is 5.26 Å². The quantitative estimate of drug-likeness (QED) is 0.822. The molecule has 0 spiro atoms. The standard InChI is InChI=1S/C16H12F3NO/c1-2-11-3-5-12(6-4-11)15-9-14(21-16(17,18)19)8-7-13(15)10-20/h3-9H,2H2,1H3. The van der Waals surface area contributed by atoms with E-state index in [2.05, 4.69) is 4.74 Å². The summed E-state index contributed by atoms with van der Waals surface area (Å²) in [6, 6.07) is 13.0. The molecule has 0 amide bonds. The molecule has 0 saturated heterocycles. The van der Waals surface area contributed by atoms with E-state index < -0.39 is 6.36 Å². The van der Waals surface area contributed by atoms with Crippen LogP contribution in [0.3, 0.4) is 0 Å². The monoisotopic (exact) mass is 291 g/mol. The van der Waals surface area contributed by atoms with Crippen molar-refractivity contribution in [3.63, 3.8) is 0 Å². The molecule has 0 unspecified atom stereocenters. The first kappa shape index (κ1) is 14.9. The lowest BCUT2D eigenvalue weighted by Crippen LogP contribution is -2.17. The Morgan fingerprint density at radius 3 is 2.29 bits per heavy atom. The second-order valence-corrected chi connectivity index (χ2v) is 4.42. The molecule has 0 aromatic heterocycles. The first-order chi connectivity index (χ1) is 9.93. The number of aryl methyl sites for hydroxylation is 1. The van der Waals surface area contributed by atoms with Gasteiger partial charge in [-0.15, -0.1) is 13.2 Å². The zero-order chi connectivity index (χ0) is 15.5. The topological polar surface area (TPSA) is 33.0 Å². The Morgan fingerprint density at radius 1 is 1.10 bits per heavy atom. The fourth-order valence-electron chi connectivity index (χ4n) is 1.98. The van der Waals surface area contributed by atoms with E-state index in [-0.39, 0.29) is 5.75 Å². The highest BCUT2D eigenvalue weighted by atomic mass is 19.4. The molecule has 0 fully saturated rings. The van der Waals surface area contributed by atoms with E-state index in [9.17, 15) is 13.2 Å². The van der Waals surface area contributed by atoms with Crippen molar-refractivity contribution in [2.45, 2.75) is 19.7 Å². The number of ether oxygens (including phenoxy) is 1. The molecule has 0 heterocycles. The van der Waals surface area contributed by atoms with Crippen LogP contribution in [0, 0.1) is 11.3 Å². The molecule has 0 bridgehead atoms. The Balaban J connectivity index is 2.44. The Labute approximate surface area is 120 Å². The van der Waals surface area contributed by atoms with E-state index in [0.29, 0.717) is 16.7 Å². The number of hydrogen-bond donors (Lipinski definition) is 0. The summed E-state index contributed by atoms with van der Waals surface area (Å²) in [6.45, 7) is 2.01. The summed E-state index contributed by atoms with van der Waals surface area (Å²) in [6.07, 6.45) is -3.89. The van der Waals surface area contributed by atoms with Crippen LogP contribution in [0.25, 0.3) is 11.1 Å². The van der Waals surface area contributed by atoms with Gasteiger partial charge < -0.3 is 4.74 Å². The maximum atomic E-state index is 12.3. The lowest BCUT2D eigenvalue weighted by atomic mass is 9.98. The van der Waals surface area contributed by atoms with Crippen LogP contribution in [0.1, 0.15) is 18.1 Å². The van der Waals surface area contributed by atoms with E-state index in [0.717, 1.165) is 18.1 Å². The summed E-state index contributed by atoms with van der Waals surface area (Å²) < 4.78 is 40.7. The van der Waals surface area contributed by atoms with Gasteiger partial charge in [0.05, 0.1) is 11.6 Å². The first-order valence-corrected chi connectivity index (χ1v) is 6.32. The van der Waals surface area contributed by atoms with Gasteiger partial charge in [-0.1, -0.05) is 31.2 Å². The van der Waals surface area contributed by atoms with Crippen molar-refractivity contribution < 1.29 is 17.9 Å². The van der Waals surface area contributed by atoms with Crippen LogP contribution in [-0.4, -0.2) is 6.36 Å². The average molecular weight is 291 g/mol. The summed E-state index contributed by atoms with van der Waals surface area (Å²) in [7, 11) is 0. The number of benzene rings is 2. The van der Waals surface area contributed by atoms with Crippen LogP contribution in [0.2, 0.25) is 0 Å². The van der Waals surface area contributed by atoms with Crippen LogP contribution < -0.4 is 4.74 Å². The summed E-state index contributed by atoms with van der Waals surface area (Å²) in [5.74, 6) is -0.337. The number of rotatable bonds is 3. The highest BCUT2D eigenvalue weighted by Crippen LogP contribution is 2.30. The molecule has 108 valence electrons. The minimum Gasteiger partial charge on any atom is -0.406 e. The third-order valence-electron chi connectivity index (χ3n) is 3.02. The Morgan fingerprint density at radius 2 is 1.76 bits per heavy atom. The number of nitriles is 1. The molecule has 0 aliphatic carbocycles. The van der Waals surface area contributed by atoms with E-state index in [1.807, 2.05) is 25.1 Å². The number of alkyl halides is 3. The van der Waals surface area contributed by atoms with E-state index in [1.165, 1.54) is 12.1 Å². The normalized spacial score (nSPS) is 11.0. The van der Waals surface area contributed by atoms with Crippen LogP contribution >= 0.6 is 0 Å². The number of halogens is 3. The van der Waals surface area contributed by atoms with Gasteiger partial charge in [0, 0.05) is 5.56 Å². The van der Waals surface area contributed by atoms with Gasteiger partial charge in [0.25, 0.3) is 0 Å². The van der Waals surface area contributed by atoms with Gasteiger partial charge in [-0.25, -0.2) is 0 Å². The fourth-order valence-corrected chi connectivity index (χ4v) is 1.98. The lowest BCUT2D eigenvalue weighted by Gasteiger charge is -2.11. The Hall–Kier alpha value is -2.48. The van der Waals surface area contributed by atoms with Crippen molar-refractivity contribution >= 4 is 0 Å².